The van der Waals surface area contributed by atoms with Gasteiger partial charge in [0.15, 0.2) is 0 Å². The third-order valence-electron chi connectivity index (χ3n) is 3.52. The van der Waals surface area contributed by atoms with Gasteiger partial charge in [0.1, 0.15) is 0 Å². The van der Waals surface area contributed by atoms with Crippen molar-refractivity contribution in [1.82, 2.24) is 5.32 Å². The first-order valence-corrected chi connectivity index (χ1v) is 7.17. The molecule has 0 bridgehead atoms. The third-order valence-corrected chi connectivity index (χ3v) is 3.88. The highest BCUT2D eigenvalue weighted by molar-refractivity contribution is 6.21. The monoisotopic (exact) mass is 251 g/mol. The van der Waals surface area contributed by atoms with Gasteiger partial charge in [0, 0.05) is 5.38 Å². The normalized spacial score (nSPS) is 23.4. The first kappa shape index (κ1) is 12.9. The van der Waals surface area contributed by atoms with Crippen LogP contribution < -0.4 is 5.32 Å². The second kappa shape index (κ2) is 7.03. The molecule has 0 atom stereocenters. The summed E-state index contributed by atoms with van der Waals surface area (Å²) in [5.74, 6) is 0.839. The van der Waals surface area contributed by atoms with E-state index in [2.05, 4.69) is 35.6 Å². The number of rotatable bonds is 7. The molecular weight excluding hydrogens is 230 g/mol. The lowest BCUT2D eigenvalue weighted by Gasteiger charge is -2.30. The molecule has 2 heteroatoms. The second-order valence-electron chi connectivity index (χ2n) is 5.08. The van der Waals surface area contributed by atoms with Crippen molar-refractivity contribution in [2.75, 3.05) is 13.1 Å². The van der Waals surface area contributed by atoms with Crippen LogP contribution in [0.4, 0.5) is 0 Å². The molecule has 0 unspecified atom stereocenters. The summed E-state index contributed by atoms with van der Waals surface area (Å²) in [5.41, 5.74) is 1.46. The van der Waals surface area contributed by atoms with Crippen LogP contribution in [-0.2, 0) is 6.42 Å². The van der Waals surface area contributed by atoms with E-state index in [-0.39, 0.29) is 0 Å². The van der Waals surface area contributed by atoms with Crippen LogP contribution in [-0.4, -0.2) is 18.5 Å². The Bertz CT molecular complexity index is 306. The summed E-state index contributed by atoms with van der Waals surface area (Å²) in [6, 6.07) is 10.7. The molecule has 1 N–H and O–H groups in total. The van der Waals surface area contributed by atoms with Crippen LogP contribution in [0.3, 0.4) is 0 Å². The quantitative estimate of drug-likeness (QED) is 0.577. The predicted molar refractivity (Wildman–Crippen MR) is 74.6 cm³/mol. The van der Waals surface area contributed by atoms with Crippen molar-refractivity contribution in [2.45, 2.75) is 37.5 Å². The van der Waals surface area contributed by atoms with Gasteiger partial charge >= 0.3 is 0 Å². The van der Waals surface area contributed by atoms with Crippen LogP contribution in [0.1, 0.15) is 31.2 Å². The van der Waals surface area contributed by atoms with Gasteiger partial charge < -0.3 is 5.32 Å². The van der Waals surface area contributed by atoms with Crippen LogP contribution in [0.25, 0.3) is 0 Å². The van der Waals surface area contributed by atoms with E-state index in [4.69, 9.17) is 11.6 Å². The Kier molecular flexibility index (Phi) is 5.34. The lowest BCUT2D eigenvalue weighted by atomic mass is 9.85. The van der Waals surface area contributed by atoms with Crippen molar-refractivity contribution in [1.29, 1.82) is 0 Å². The van der Waals surface area contributed by atoms with Crippen LogP contribution in [0.15, 0.2) is 30.3 Å². The molecule has 94 valence electrons. The SMILES string of the molecule is ClC1CC(CNCCCCc2ccccc2)C1. The zero-order valence-corrected chi connectivity index (χ0v) is 11.1. The minimum Gasteiger partial charge on any atom is -0.316 e. The van der Waals surface area contributed by atoms with Gasteiger partial charge in [-0.05, 0) is 56.7 Å². The van der Waals surface area contributed by atoms with E-state index in [1.165, 1.54) is 37.7 Å². The summed E-state index contributed by atoms with van der Waals surface area (Å²) in [4.78, 5) is 0. The average Bonchev–Trinajstić information content (AvgIpc) is 2.32. The Morgan fingerprint density at radius 3 is 2.59 bits per heavy atom. The molecule has 2 rings (SSSR count). The molecule has 1 fully saturated rings. The van der Waals surface area contributed by atoms with Gasteiger partial charge in [-0.3, -0.25) is 0 Å². The molecule has 0 heterocycles. The maximum Gasteiger partial charge on any atom is 0.0342 e. The van der Waals surface area contributed by atoms with E-state index < -0.39 is 0 Å². The molecule has 0 spiro atoms. The van der Waals surface area contributed by atoms with Crippen molar-refractivity contribution in [3.8, 4) is 0 Å². The van der Waals surface area contributed by atoms with E-state index in [1.807, 2.05) is 0 Å². The number of nitrogens with one attached hydrogen (secondary N) is 1. The lowest BCUT2D eigenvalue weighted by Crippen LogP contribution is -2.33. The molecule has 0 saturated heterocycles. The molecule has 0 aromatic heterocycles. The molecule has 1 aliphatic rings. The Balaban J connectivity index is 1.44. The highest BCUT2D eigenvalue weighted by Gasteiger charge is 2.26. The number of unbranched alkanes of at least 4 members (excludes halogenated alkanes) is 1. The fraction of sp³-hybridized carbons (Fsp3) is 0.600. The zero-order valence-electron chi connectivity index (χ0n) is 10.4. The van der Waals surface area contributed by atoms with E-state index in [9.17, 15) is 0 Å². The molecule has 1 aliphatic carbocycles. The number of benzene rings is 1. The number of alkyl halides is 1. The first-order valence-electron chi connectivity index (χ1n) is 6.73. The first-order chi connectivity index (χ1) is 8.34. The Labute approximate surface area is 110 Å². The fourth-order valence-corrected chi connectivity index (χ4v) is 2.85. The van der Waals surface area contributed by atoms with Crippen molar-refractivity contribution in [3.05, 3.63) is 35.9 Å². The molecule has 17 heavy (non-hydrogen) atoms. The molecule has 0 amide bonds. The predicted octanol–water partition coefficient (Wildman–Crippen LogP) is 3.62. The number of aryl methyl sites for hydroxylation is 1. The number of hydrogen-bond acceptors (Lipinski definition) is 1. The molecule has 0 aliphatic heterocycles. The van der Waals surface area contributed by atoms with Crippen LogP contribution in [0, 0.1) is 5.92 Å². The summed E-state index contributed by atoms with van der Waals surface area (Å²) in [6.07, 6.45) is 6.17. The fourth-order valence-electron chi connectivity index (χ4n) is 2.35. The van der Waals surface area contributed by atoms with E-state index >= 15 is 0 Å². The second-order valence-corrected chi connectivity index (χ2v) is 5.70. The van der Waals surface area contributed by atoms with E-state index in [0.29, 0.717) is 5.38 Å². The maximum atomic E-state index is 5.95. The van der Waals surface area contributed by atoms with Gasteiger partial charge in [0.25, 0.3) is 0 Å². The van der Waals surface area contributed by atoms with Crippen molar-refractivity contribution in [3.63, 3.8) is 0 Å². The Hall–Kier alpha value is -0.530. The Morgan fingerprint density at radius 2 is 1.88 bits per heavy atom. The standard InChI is InChI=1S/C15H22ClN/c16-15-10-14(11-15)12-17-9-5-4-8-13-6-2-1-3-7-13/h1-3,6-7,14-15,17H,4-5,8-12H2. The number of halogens is 1. The van der Waals surface area contributed by atoms with Crippen molar-refractivity contribution < 1.29 is 0 Å². The highest BCUT2D eigenvalue weighted by Crippen LogP contribution is 2.30. The van der Waals surface area contributed by atoms with Gasteiger partial charge in [0.05, 0.1) is 0 Å². The summed E-state index contributed by atoms with van der Waals surface area (Å²) in [7, 11) is 0. The largest absolute Gasteiger partial charge is 0.316 e. The summed E-state index contributed by atoms with van der Waals surface area (Å²) in [6.45, 7) is 2.31. The minimum atomic E-state index is 0.458. The van der Waals surface area contributed by atoms with Gasteiger partial charge in [-0.25, -0.2) is 0 Å². The van der Waals surface area contributed by atoms with Crippen LogP contribution in [0.5, 0.6) is 0 Å². The van der Waals surface area contributed by atoms with E-state index in [0.717, 1.165) is 19.0 Å². The lowest BCUT2D eigenvalue weighted by molar-refractivity contribution is 0.308. The number of hydrogen-bond donors (Lipinski definition) is 1. The summed E-state index contributed by atoms with van der Waals surface area (Å²) < 4.78 is 0. The van der Waals surface area contributed by atoms with Crippen LogP contribution >= 0.6 is 11.6 Å². The molecule has 1 aromatic carbocycles. The summed E-state index contributed by atoms with van der Waals surface area (Å²) >= 11 is 5.95. The molecule has 1 aromatic rings. The van der Waals surface area contributed by atoms with Crippen LogP contribution in [0.2, 0.25) is 0 Å². The van der Waals surface area contributed by atoms with Gasteiger partial charge in [-0.1, -0.05) is 30.3 Å². The van der Waals surface area contributed by atoms with Crippen molar-refractivity contribution in [2.24, 2.45) is 5.92 Å². The van der Waals surface area contributed by atoms with Gasteiger partial charge in [-0.15, -0.1) is 11.6 Å². The average molecular weight is 252 g/mol. The summed E-state index contributed by atoms with van der Waals surface area (Å²) in [5, 5.41) is 3.99. The van der Waals surface area contributed by atoms with Gasteiger partial charge in [0.2, 0.25) is 0 Å². The molecule has 0 radical (unpaired) electrons. The maximum absolute atomic E-state index is 5.95. The molecule has 1 saturated carbocycles. The smallest absolute Gasteiger partial charge is 0.0342 e. The van der Waals surface area contributed by atoms with Crippen molar-refractivity contribution >= 4 is 11.6 Å². The Morgan fingerprint density at radius 1 is 1.12 bits per heavy atom. The zero-order chi connectivity index (χ0) is 11.9. The highest BCUT2D eigenvalue weighted by atomic mass is 35.5. The molecular formula is C15H22ClN. The third kappa shape index (κ3) is 4.69. The minimum absolute atomic E-state index is 0.458. The molecule has 1 nitrogen and oxygen atoms in total. The topological polar surface area (TPSA) is 12.0 Å². The van der Waals surface area contributed by atoms with E-state index in [1.54, 1.807) is 0 Å². The van der Waals surface area contributed by atoms with Gasteiger partial charge in [-0.2, -0.15) is 0 Å².